The van der Waals surface area contributed by atoms with Gasteiger partial charge in [0.25, 0.3) is 0 Å². The van der Waals surface area contributed by atoms with E-state index in [1.54, 1.807) is 0 Å². The van der Waals surface area contributed by atoms with Crippen LogP contribution >= 0.6 is 0 Å². The average Bonchev–Trinajstić information content (AvgIpc) is 3.03. The second-order valence-corrected chi connectivity index (χ2v) is 6.91. The lowest BCUT2D eigenvalue weighted by Crippen LogP contribution is -2.41. The average molecular weight is 312 g/mol. The summed E-state index contributed by atoms with van der Waals surface area (Å²) in [5, 5.41) is 8.34. The van der Waals surface area contributed by atoms with Crippen LogP contribution in [0.25, 0.3) is 0 Å². The Bertz CT molecular complexity index is 599. The van der Waals surface area contributed by atoms with Gasteiger partial charge in [-0.1, -0.05) is 49.6 Å². The van der Waals surface area contributed by atoms with Gasteiger partial charge in [-0.05, 0) is 32.4 Å². The normalized spacial score (nSPS) is 17.5. The molecule has 1 aromatic heterocycles. The Morgan fingerprint density at radius 3 is 2.57 bits per heavy atom. The summed E-state index contributed by atoms with van der Waals surface area (Å²) >= 11 is 0. The molecule has 124 valence electrons. The van der Waals surface area contributed by atoms with Gasteiger partial charge in [0.05, 0.1) is 6.54 Å². The number of hydrogen-bond donors (Lipinski definition) is 0. The van der Waals surface area contributed by atoms with Crippen molar-refractivity contribution in [2.24, 2.45) is 0 Å². The molecule has 0 saturated heterocycles. The summed E-state index contributed by atoms with van der Waals surface area (Å²) in [5.41, 5.74) is 1.80. The van der Waals surface area contributed by atoms with Gasteiger partial charge in [0.15, 0.2) is 0 Å². The highest BCUT2D eigenvalue weighted by molar-refractivity contribution is 5.26. The standard InChI is InChI=1S/C19H28N4/c1-3-23-16-20-21-18(23)14-22(2)15-19(12-8-5-9-13-19)17-10-6-4-7-11-17/h4,6-7,10-11,16H,3,5,8-9,12-15H2,1-2H3. The van der Waals surface area contributed by atoms with Crippen molar-refractivity contribution in [1.82, 2.24) is 19.7 Å². The highest BCUT2D eigenvalue weighted by atomic mass is 15.3. The van der Waals surface area contributed by atoms with Crippen molar-refractivity contribution >= 4 is 0 Å². The molecule has 1 saturated carbocycles. The number of likely N-dealkylation sites (N-methyl/N-ethyl adjacent to an activating group) is 1. The van der Waals surface area contributed by atoms with Crippen LogP contribution < -0.4 is 0 Å². The van der Waals surface area contributed by atoms with Gasteiger partial charge in [-0.15, -0.1) is 10.2 Å². The van der Waals surface area contributed by atoms with Gasteiger partial charge < -0.3 is 4.57 Å². The molecule has 1 heterocycles. The van der Waals surface area contributed by atoms with Crippen molar-refractivity contribution in [3.8, 4) is 0 Å². The van der Waals surface area contributed by atoms with E-state index in [4.69, 9.17) is 0 Å². The van der Waals surface area contributed by atoms with E-state index < -0.39 is 0 Å². The second-order valence-electron chi connectivity index (χ2n) is 6.91. The van der Waals surface area contributed by atoms with E-state index in [1.807, 2.05) is 6.33 Å². The van der Waals surface area contributed by atoms with Crippen LogP contribution in [0.3, 0.4) is 0 Å². The molecule has 1 fully saturated rings. The molecule has 0 N–H and O–H groups in total. The maximum absolute atomic E-state index is 4.29. The minimum Gasteiger partial charge on any atom is -0.317 e. The summed E-state index contributed by atoms with van der Waals surface area (Å²) in [6, 6.07) is 11.1. The van der Waals surface area contributed by atoms with Crippen molar-refractivity contribution in [3.05, 3.63) is 48.0 Å². The molecule has 4 heteroatoms. The molecule has 0 bridgehead atoms. The molecular formula is C19H28N4. The van der Waals surface area contributed by atoms with Gasteiger partial charge in [-0.25, -0.2) is 0 Å². The number of benzene rings is 1. The molecular weight excluding hydrogens is 284 g/mol. The van der Waals surface area contributed by atoms with Gasteiger partial charge in [0.1, 0.15) is 12.2 Å². The van der Waals surface area contributed by atoms with Gasteiger partial charge in [-0.3, -0.25) is 4.90 Å². The van der Waals surface area contributed by atoms with E-state index in [9.17, 15) is 0 Å². The number of aryl methyl sites for hydroxylation is 1. The SMILES string of the molecule is CCn1cnnc1CN(C)CC1(c2ccccc2)CCCCC1. The lowest BCUT2D eigenvalue weighted by Gasteiger charge is -2.40. The fourth-order valence-electron chi connectivity index (χ4n) is 4.04. The highest BCUT2D eigenvalue weighted by Crippen LogP contribution is 2.40. The van der Waals surface area contributed by atoms with Crippen LogP contribution in [0.2, 0.25) is 0 Å². The minimum absolute atomic E-state index is 0.297. The summed E-state index contributed by atoms with van der Waals surface area (Å²) in [5.74, 6) is 1.06. The molecule has 3 rings (SSSR count). The molecule has 1 aliphatic rings. The first-order valence-corrected chi connectivity index (χ1v) is 8.84. The van der Waals surface area contributed by atoms with Gasteiger partial charge >= 0.3 is 0 Å². The number of rotatable bonds is 6. The van der Waals surface area contributed by atoms with Crippen LogP contribution in [-0.2, 0) is 18.5 Å². The first kappa shape index (κ1) is 16.2. The smallest absolute Gasteiger partial charge is 0.146 e. The number of nitrogens with zero attached hydrogens (tertiary/aromatic N) is 4. The molecule has 1 aromatic carbocycles. The molecule has 4 nitrogen and oxygen atoms in total. The first-order valence-electron chi connectivity index (χ1n) is 8.84. The Morgan fingerprint density at radius 2 is 1.87 bits per heavy atom. The van der Waals surface area contributed by atoms with Crippen LogP contribution in [0.5, 0.6) is 0 Å². The third-order valence-electron chi connectivity index (χ3n) is 5.22. The maximum Gasteiger partial charge on any atom is 0.146 e. The number of hydrogen-bond acceptors (Lipinski definition) is 3. The highest BCUT2D eigenvalue weighted by Gasteiger charge is 2.34. The van der Waals surface area contributed by atoms with E-state index >= 15 is 0 Å². The predicted molar refractivity (Wildman–Crippen MR) is 93.2 cm³/mol. The van der Waals surface area contributed by atoms with E-state index in [0.29, 0.717) is 5.41 Å². The summed E-state index contributed by atoms with van der Waals surface area (Å²) in [7, 11) is 2.22. The number of aromatic nitrogens is 3. The van der Waals surface area contributed by atoms with Crippen LogP contribution in [0, 0.1) is 0 Å². The van der Waals surface area contributed by atoms with Crippen molar-refractivity contribution in [1.29, 1.82) is 0 Å². The Labute approximate surface area is 139 Å². The minimum atomic E-state index is 0.297. The molecule has 0 amide bonds. The Hall–Kier alpha value is -1.68. The molecule has 23 heavy (non-hydrogen) atoms. The van der Waals surface area contributed by atoms with Crippen LogP contribution in [-0.4, -0.2) is 33.3 Å². The molecule has 0 aliphatic heterocycles. The Balaban J connectivity index is 1.76. The van der Waals surface area contributed by atoms with Gasteiger partial charge in [0, 0.05) is 18.5 Å². The molecule has 0 spiro atoms. The van der Waals surface area contributed by atoms with Gasteiger partial charge in [-0.2, -0.15) is 0 Å². The van der Waals surface area contributed by atoms with Crippen LogP contribution in [0.1, 0.15) is 50.4 Å². The van der Waals surface area contributed by atoms with Crippen molar-refractivity contribution < 1.29 is 0 Å². The van der Waals surface area contributed by atoms with Crippen molar-refractivity contribution in [2.75, 3.05) is 13.6 Å². The zero-order valence-electron chi connectivity index (χ0n) is 14.4. The quantitative estimate of drug-likeness (QED) is 0.817. The zero-order valence-corrected chi connectivity index (χ0v) is 14.4. The first-order chi connectivity index (χ1) is 11.2. The van der Waals surface area contributed by atoms with E-state index in [1.165, 1.54) is 37.7 Å². The third-order valence-corrected chi connectivity index (χ3v) is 5.22. The summed E-state index contributed by atoms with van der Waals surface area (Å²) in [4.78, 5) is 2.43. The van der Waals surface area contributed by atoms with E-state index in [0.717, 1.165) is 25.5 Å². The van der Waals surface area contributed by atoms with Gasteiger partial charge in [0.2, 0.25) is 0 Å². The summed E-state index contributed by atoms with van der Waals surface area (Å²) < 4.78 is 2.13. The molecule has 0 atom stereocenters. The molecule has 2 aromatic rings. The molecule has 1 aliphatic carbocycles. The third kappa shape index (κ3) is 3.63. The van der Waals surface area contributed by atoms with Crippen molar-refractivity contribution in [2.45, 2.75) is 57.5 Å². The summed E-state index contributed by atoms with van der Waals surface area (Å²) in [6.07, 6.45) is 8.48. The zero-order chi connectivity index (χ0) is 16.1. The van der Waals surface area contributed by atoms with Crippen LogP contribution in [0.4, 0.5) is 0 Å². The fourth-order valence-corrected chi connectivity index (χ4v) is 4.04. The monoisotopic (exact) mass is 312 g/mol. The van der Waals surface area contributed by atoms with Crippen LogP contribution in [0.15, 0.2) is 36.7 Å². The topological polar surface area (TPSA) is 34.0 Å². The van der Waals surface area contributed by atoms with E-state index in [-0.39, 0.29) is 0 Å². The Kier molecular flexibility index (Phi) is 5.11. The second kappa shape index (κ2) is 7.26. The largest absolute Gasteiger partial charge is 0.317 e. The lowest BCUT2D eigenvalue weighted by molar-refractivity contribution is 0.184. The van der Waals surface area contributed by atoms with E-state index in [2.05, 4.69) is 64.0 Å². The Morgan fingerprint density at radius 1 is 1.13 bits per heavy atom. The van der Waals surface area contributed by atoms with Crippen molar-refractivity contribution in [3.63, 3.8) is 0 Å². The predicted octanol–water partition coefficient (Wildman–Crippen LogP) is 3.63. The lowest BCUT2D eigenvalue weighted by atomic mass is 9.69. The maximum atomic E-state index is 4.29. The molecule has 0 radical (unpaired) electrons. The summed E-state index contributed by atoms with van der Waals surface area (Å²) in [6.45, 7) is 5.02. The fraction of sp³-hybridized carbons (Fsp3) is 0.579. The molecule has 0 unspecified atom stereocenters.